The Labute approximate surface area is 125 Å². The Hall–Kier alpha value is -1.59. The molecular formula is C15H26N2O4. The number of hydrogen-bond donors (Lipinski definition) is 3. The van der Waals surface area contributed by atoms with E-state index >= 15 is 0 Å². The summed E-state index contributed by atoms with van der Waals surface area (Å²) >= 11 is 0. The van der Waals surface area contributed by atoms with E-state index in [2.05, 4.69) is 10.6 Å². The first-order valence-corrected chi connectivity index (χ1v) is 7.70. The van der Waals surface area contributed by atoms with Crippen LogP contribution in [-0.2, 0) is 14.4 Å². The summed E-state index contributed by atoms with van der Waals surface area (Å²) in [6.07, 6.45) is 5.40. The molecule has 120 valence electrons. The Bertz CT molecular complexity index is 376. The third-order valence-corrected chi connectivity index (χ3v) is 3.74. The summed E-state index contributed by atoms with van der Waals surface area (Å²) < 4.78 is 0. The fraction of sp³-hybridized carbons (Fsp3) is 0.800. The van der Waals surface area contributed by atoms with Crippen molar-refractivity contribution < 1.29 is 19.5 Å². The number of carbonyl (C=O) groups excluding carboxylic acids is 2. The number of nitrogens with one attached hydrogen (secondary N) is 2. The SMILES string of the molecule is CC(C)C[C@H](NC(=O)CNC(=O)C1CCCCC1)C(=O)O. The average Bonchev–Trinajstić information content (AvgIpc) is 2.44. The lowest BCUT2D eigenvalue weighted by Gasteiger charge is -2.21. The van der Waals surface area contributed by atoms with Crippen LogP contribution in [0.25, 0.3) is 0 Å². The molecule has 0 heterocycles. The van der Waals surface area contributed by atoms with E-state index in [4.69, 9.17) is 5.11 Å². The molecule has 0 bridgehead atoms. The number of amides is 2. The van der Waals surface area contributed by atoms with Crippen LogP contribution in [0.4, 0.5) is 0 Å². The lowest BCUT2D eigenvalue weighted by Crippen LogP contribution is -2.47. The van der Waals surface area contributed by atoms with Crippen molar-refractivity contribution >= 4 is 17.8 Å². The van der Waals surface area contributed by atoms with Gasteiger partial charge in [0.15, 0.2) is 0 Å². The van der Waals surface area contributed by atoms with Crippen molar-refractivity contribution in [3.8, 4) is 0 Å². The predicted molar refractivity (Wildman–Crippen MR) is 78.6 cm³/mol. The fourth-order valence-electron chi connectivity index (χ4n) is 2.61. The van der Waals surface area contributed by atoms with Crippen LogP contribution in [0.15, 0.2) is 0 Å². The summed E-state index contributed by atoms with van der Waals surface area (Å²) in [4.78, 5) is 34.7. The van der Waals surface area contributed by atoms with E-state index in [1.54, 1.807) is 0 Å². The summed E-state index contributed by atoms with van der Waals surface area (Å²) in [6, 6.07) is -0.899. The van der Waals surface area contributed by atoms with Gasteiger partial charge < -0.3 is 15.7 Å². The molecule has 1 rings (SSSR count). The topological polar surface area (TPSA) is 95.5 Å². The van der Waals surface area contributed by atoms with Gasteiger partial charge in [-0.15, -0.1) is 0 Å². The van der Waals surface area contributed by atoms with Crippen molar-refractivity contribution in [3.63, 3.8) is 0 Å². The smallest absolute Gasteiger partial charge is 0.326 e. The van der Waals surface area contributed by atoms with Crippen LogP contribution in [0.2, 0.25) is 0 Å². The van der Waals surface area contributed by atoms with Gasteiger partial charge in [0.1, 0.15) is 6.04 Å². The highest BCUT2D eigenvalue weighted by molar-refractivity contribution is 5.88. The molecule has 1 aliphatic carbocycles. The molecule has 0 spiro atoms. The van der Waals surface area contributed by atoms with Gasteiger partial charge in [0.25, 0.3) is 0 Å². The molecule has 21 heavy (non-hydrogen) atoms. The van der Waals surface area contributed by atoms with Gasteiger partial charge in [-0.25, -0.2) is 4.79 Å². The minimum absolute atomic E-state index is 0.00233. The van der Waals surface area contributed by atoms with Crippen LogP contribution in [0, 0.1) is 11.8 Å². The van der Waals surface area contributed by atoms with Crippen molar-refractivity contribution in [1.29, 1.82) is 0 Å². The first kappa shape index (κ1) is 17.5. The molecule has 3 N–H and O–H groups in total. The summed E-state index contributed by atoms with van der Waals surface area (Å²) in [5, 5.41) is 14.1. The number of carbonyl (C=O) groups is 3. The normalized spacial score (nSPS) is 17.3. The molecule has 6 nitrogen and oxygen atoms in total. The van der Waals surface area contributed by atoms with Crippen molar-refractivity contribution in [3.05, 3.63) is 0 Å². The molecule has 1 atom stereocenters. The molecule has 0 aromatic carbocycles. The van der Waals surface area contributed by atoms with Crippen LogP contribution in [0.5, 0.6) is 0 Å². The number of hydrogen-bond acceptors (Lipinski definition) is 3. The molecular weight excluding hydrogens is 272 g/mol. The van der Waals surface area contributed by atoms with Gasteiger partial charge in [0.2, 0.25) is 11.8 Å². The van der Waals surface area contributed by atoms with Crippen LogP contribution in [0.3, 0.4) is 0 Å². The van der Waals surface area contributed by atoms with Gasteiger partial charge >= 0.3 is 5.97 Å². The Balaban J connectivity index is 2.34. The Morgan fingerprint density at radius 2 is 1.76 bits per heavy atom. The Morgan fingerprint density at radius 3 is 2.29 bits per heavy atom. The molecule has 0 unspecified atom stereocenters. The molecule has 1 fully saturated rings. The van der Waals surface area contributed by atoms with Gasteiger partial charge in [0.05, 0.1) is 6.54 Å². The molecule has 0 aromatic heterocycles. The first-order valence-electron chi connectivity index (χ1n) is 7.70. The average molecular weight is 298 g/mol. The van der Waals surface area contributed by atoms with Crippen molar-refractivity contribution in [1.82, 2.24) is 10.6 Å². The Kier molecular flexibility index (Phi) is 7.19. The first-order chi connectivity index (χ1) is 9.90. The number of carboxylic acid groups (broad SMARTS) is 1. The minimum atomic E-state index is -1.05. The maximum absolute atomic E-state index is 11.9. The minimum Gasteiger partial charge on any atom is -0.480 e. The zero-order valence-electron chi connectivity index (χ0n) is 12.9. The van der Waals surface area contributed by atoms with E-state index in [1.807, 2.05) is 13.8 Å². The third-order valence-electron chi connectivity index (χ3n) is 3.74. The lowest BCUT2D eigenvalue weighted by molar-refractivity contribution is -0.142. The molecule has 0 radical (unpaired) electrons. The predicted octanol–water partition coefficient (Wildman–Crippen LogP) is 1.30. The van der Waals surface area contributed by atoms with Crippen LogP contribution < -0.4 is 10.6 Å². The summed E-state index contributed by atoms with van der Waals surface area (Å²) in [5.41, 5.74) is 0. The summed E-state index contributed by atoms with van der Waals surface area (Å²) in [5.74, 6) is -1.43. The highest BCUT2D eigenvalue weighted by Gasteiger charge is 2.23. The van der Waals surface area contributed by atoms with E-state index in [9.17, 15) is 14.4 Å². The lowest BCUT2D eigenvalue weighted by atomic mass is 9.89. The zero-order valence-corrected chi connectivity index (χ0v) is 12.9. The highest BCUT2D eigenvalue weighted by atomic mass is 16.4. The summed E-state index contributed by atoms with van der Waals surface area (Å²) in [7, 11) is 0. The number of aliphatic carboxylic acids is 1. The van der Waals surface area contributed by atoms with Gasteiger partial charge in [0, 0.05) is 5.92 Å². The zero-order chi connectivity index (χ0) is 15.8. The van der Waals surface area contributed by atoms with Gasteiger partial charge in [-0.1, -0.05) is 33.1 Å². The Morgan fingerprint density at radius 1 is 1.14 bits per heavy atom. The largest absolute Gasteiger partial charge is 0.480 e. The molecule has 0 saturated heterocycles. The van der Waals surface area contributed by atoms with E-state index in [-0.39, 0.29) is 24.3 Å². The van der Waals surface area contributed by atoms with E-state index < -0.39 is 17.9 Å². The van der Waals surface area contributed by atoms with Crippen LogP contribution >= 0.6 is 0 Å². The van der Waals surface area contributed by atoms with Crippen molar-refractivity contribution in [2.45, 2.75) is 58.4 Å². The second-order valence-electron chi connectivity index (χ2n) is 6.14. The number of carboxylic acids is 1. The number of rotatable bonds is 7. The second kappa shape index (κ2) is 8.64. The van der Waals surface area contributed by atoms with Gasteiger partial charge in [-0.3, -0.25) is 9.59 Å². The third kappa shape index (κ3) is 6.60. The monoisotopic (exact) mass is 298 g/mol. The van der Waals surface area contributed by atoms with Crippen LogP contribution in [-0.4, -0.2) is 35.5 Å². The van der Waals surface area contributed by atoms with Gasteiger partial charge in [-0.2, -0.15) is 0 Å². The quantitative estimate of drug-likeness (QED) is 0.660. The molecule has 2 amide bonds. The summed E-state index contributed by atoms with van der Waals surface area (Å²) in [6.45, 7) is 3.64. The van der Waals surface area contributed by atoms with E-state index in [0.717, 1.165) is 25.7 Å². The molecule has 1 saturated carbocycles. The molecule has 0 aromatic rings. The van der Waals surface area contributed by atoms with Gasteiger partial charge in [-0.05, 0) is 25.2 Å². The van der Waals surface area contributed by atoms with Crippen molar-refractivity contribution in [2.75, 3.05) is 6.54 Å². The fourth-order valence-corrected chi connectivity index (χ4v) is 2.61. The molecule has 0 aliphatic heterocycles. The maximum Gasteiger partial charge on any atom is 0.326 e. The standard InChI is InChI=1S/C15H26N2O4/c1-10(2)8-12(15(20)21)17-13(18)9-16-14(19)11-6-4-3-5-7-11/h10-12H,3-9H2,1-2H3,(H,16,19)(H,17,18)(H,20,21)/t12-/m0/s1. The second-order valence-corrected chi connectivity index (χ2v) is 6.14. The highest BCUT2D eigenvalue weighted by Crippen LogP contribution is 2.23. The van der Waals surface area contributed by atoms with E-state index in [0.29, 0.717) is 6.42 Å². The molecule has 6 heteroatoms. The maximum atomic E-state index is 11.9. The molecule has 1 aliphatic rings. The van der Waals surface area contributed by atoms with Crippen molar-refractivity contribution in [2.24, 2.45) is 11.8 Å². The van der Waals surface area contributed by atoms with E-state index in [1.165, 1.54) is 6.42 Å². The van der Waals surface area contributed by atoms with Crippen LogP contribution in [0.1, 0.15) is 52.4 Å².